The van der Waals surface area contributed by atoms with Crippen molar-refractivity contribution >= 4 is 21.7 Å². The van der Waals surface area contributed by atoms with Crippen LogP contribution in [0.5, 0.6) is 0 Å². The van der Waals surface area contributed by atoms with Crippen LogP contribution in [0.1, 0.15) is 25.3 Å². The molecule has 0 aliphatic rings. The molecule has 1 N–H and O–H groups in total. The van der Waals surface area contributed by atoms with Crippen LogP contribution in [0.15, 0.2) is 94.5 Å². The number of aromatic amines is 1. The molecule has 152 valence electrons. The van der Waals surface area contributed by atoms with Crippen LogP contribution < -0.4 is 11.2 Å². The number of hydrogen-bond donors (Lipinski definition) is 1. The first kappa shape index (κ1) is 19.1. The van der Waals surface area contributed by atoms with Gasteiger partial charge < -0.3 is 4.98 Å². The third-order valence-electron chi connectivity index (χ3n) is 5.80. The third-order valence-corrected chi connectivity index (χ3v) is 5.80. The van der Waals surface area contributed by atoms with E-state index in [2.05, 4.69) is 31.0 Å². The lowest BCUT2D eigenvalue weighted by molar-refractivity contribution is 0.869. The van der Waals surface area contributed by atoms with Crippen molar-refractivity contribution < 1.29 is 0 Å². The van der Waals surface area contributed by atoms with Gasteiger partial charge in [-0.15, -0.1) is 0 Å². The Kier molecular flexibility index (Phi) is 4.55. The fourth-order valence-corrected chi connectivity index (χ4v) is 4.27. The van der Waals surface area contributed by atoms with Crippen LogP contribution in [-0.4, -0.2) is 9.55 Å². The number of aromatic nitrogens is 2. The second kappa shape index (κ2) is 7.40. The van der Waals surface area contributed by atoms with E-state index in [0.29, 0.717) is 22.5 Å². The summed E-state index contributed by atoms with van der Waals surface area (Å²) in [6, 6.07) is 27.3. The minimum Gasteiger partial charge on any atom is -0.306 e. The van der Waals surface area contributed by atoms with Crippen molar-refractivity contribution in [3.8, 4) is 16.8 Å². The van der Waals surface area contributed by atoms with E-state index in [1.54, 1.807) is 6.07 Å². The van der Waals surface area contributed by atoms with Crippen molar-refractivity contribution in [2.24, 2.45) is 0 Å². The molecule has 0 spiro atoms. The molecular formula is C27H22N2O2. The number of fused-ring (bicyclic) bond motifs is 2. The van der Waals surface area contributed by atoms with Crippen LogP contribution in [0, 0.1) is 0 Å². The predicted molar refractivity (Wildman–Crippen MR) is 127 cm³/mol. The molecule has 4 heteroatoms. The number of hydrogen-bond acceptors (Lipinski definition) is 2. The molecule has 0 fully saturated rings. The Bertz CT molecular complexity index is 1550. The Morgan fingerprint density at radius 1 is 0.774 bits per heavy atom. The Balaban J connectivity index is 1.75. The van der Waals surface area contributed by atoms with Gasteiger partial charge in [0.15, 0.2) is 0 Å². The van der Waals surface area contributed by atoms with Gasteiger partial charge in [-0.2, -0.15) is 0 Å². The lowest BCUT2D eigenvalue weighted by atomic mass is 9.92. The van der Waals surface area contributed by atoms with Gasteiger partial charge in [0.25, 0.3) is 5.56 Å². The van der Waals surface area contributed by atoms with E-state index in [-0.39, 0.29) is 5.56 Å². The molecule has 0 bridgehead atoms. The zero-order valence-electron chi connectivity index (χ0n) is 17.4. The summed E-state index contributed by atoms with van der Waals surface area (Å²) in [7, 11) is 0. The number of nitrogens with zero attached hydrogens (tertiary/aromatic N) is 1. The van der Waals surface area contributed by atoms with Gasteiger partial charge in [-0.25, -0.2) is 9.36 Å². The average Bonchev–Trinajstić information content (AvgIpc) is 2.79. The first-order valence-corrected chi connectivity index (χ1v) is 10.4. The first-order chi connectivity index (χ1) is 15.0. The highest BCUT2D eigenvalue weighted by Crippen LogP contribution is 2.30. The molecule has 0 aliphatic carbocycles. The van der Waals surface area contributed by atoms with Crippen LogP contribution in [0.25, 0.3) is 38.5 Å². The molecule has 0 radical (unpaired) electrons. The molecule has 0 unspecified atom stereocenters. The second-order valence-corrected chi connectivity index (χ2v) is 8.07. The summed E-state index contributed by atoms with van der Waals surface area (Å²) in [5.74, 6) is 0.366. The van der Waals surface area contributed by atoms with Crippen LogP contribution >= 0.6 is 0 Å². The molecule has 5 aromatic rings. The SMILES string of the molecule is CC(C)c1ccccc1-c1ccc2c(=O)n(-c3cccc4ccccc34)c(=O)[nH]c2c1. The van der Waals surface area contributed by atoms with Crippen LogP contribution in [0.4, 0.5) is 0 Å². The quantitative estimate of drug-likeness (QED) is 0.423. The number of rotatable bonds is 3. The highest BCUT2D eigenvalue weighted by Gasteiger charge is 2.14. The van der Waals surface area contributed by atoms with Crippen molar-refractivity contribution in [1.82, 2.24) is 9.55 Å². The maximum Gasteiger partial charge on any atom is 0.333 e. The van der Waals surface area contributed by atoms with E-state index >= 15 is 0 Å². The van der Waals surface area contributed by atoms with Gasteiger partial charge in [0.05, 0.1) is 16.6 Å². The minimum atomic E-state index is -0.442. The van der Waals surface area contributed by atoms with Gasteiger partial charge >= 0.3 is 5.69 Å². The largest absolute Gasteiger partial charge is 0.333 e. The highest BCUT2D eigenvalue weighted by atomic mass is 16.2. The van der Waals surface area contributed by atoms with Crippen molar-refractivity contribution in [3.63, 3.8) is 0 Å². The molecule has 4 aromatic carbocycles. The van der Waals surface area contributed by atoms with Crippen molar-refractivity contribution in [3.05, 3.63) is 111 Å². The highest BCUT2D eigenvalue weighted by molar-refractivity contribution is 5.91. The van der Waals surface area contributed by atoms with Gasteiger partial charge in [0.1, 0.15) is 0 Å². The summed E-state index contributed by atoms with van der Waals surface area (Å²) in [4.78, 5) is 29.3. The Morgan fingerprint density at radius 2 is 1.52 bits per heavy atom. The molecule has 1 heterocycles. The van der Waals surface area contributed by atoms with Gasteiger partial charge in [0.2, 0.25) is 0 Å². The lowest BCUT2D eigenvalue weighted by Crippen LogP contribution is -2.33. The number of benzene rings is 4. The van der Waals surface area contributed by atoms with Gasteiger partial charge in [-0.05, 0) is 46.2 Å². The summed E-state index contributed by atoms with van der Waals surface area (Å²) in [6.45, 7) is 4.31. The van der Waals surface area contributed by atoms with E-state index in [1.165, 1.54) is 10.1 Å². The number of H-pyrrole nitrogens is 1. The molecule has 0 amide bonds. The van der Waals surface area contributed by atoms with Gasteiger partial charge in [-0.1, -0.05) is 80.6 Å². The standard InChI is InChI=1S/C27H22N2O2/c1-17(2)20-10-5-6-11-21(20)19-14-15-23-24(16-19)28-27(31)29(26(23)30)25-13-7-9-18-8-3-4-12-22(18)25/h3-17H,1-2H3,(H,28,31). The van der Waals surface area contributed by atoms with E-state index < -0.39 is 5.69 Å². The van der Waals surface area contributed by atoms with Crippen LogP contribution in [0.3, 0.4) is 0 Å². The summed E-state index contributed by atoms with van der Waals surface area (Å²) < 4.78 is 1.23. The van der Waals surface area contributed by atoms with Gasteiger partial charge in [-0.3, -0.25) is 4.79 Å². The Morgan fingerprint density at radius 3 is 2.35 bits per heavy atom. The zero-order valence-corrected chi connectivity index (χ0v) is 17.4. The molecule has 0 saturated heterocycles. The zero-order chi connectivity index (χ0) is 21.5. The first-order valence-electron chi connectivity index (χ1n) is 10.4. The van der Waals surface area contributed by atoms with Crippen LogP contribution in [0.2, 0.25) is 0 Å². The summed E-state index contributed by atoms with van der Waals surface area (Å²) in [6.07, 6.45) is 0. The molecule has 0 saturated carbocycles. The molecule has 5 rings (SSSR count). The third kappa shape index (κ3) is 3.17. The summed E-state index contributed by atoms with van der Waals surface area (Å²) in [5.41, 5.74) is 3.69. The molecule has 0 aliphatic heterocycles. The summed E-state index contributed by atoms with van der Waals surface area (Å²) >= 11 is 0. The molecule has 31 heavy (non-hydrogen) atoms. The Labute approximate surface area is 179 Å². The Hall–Kier alpha value is -3.92. The fraction of sp³-hybridized carbons (Fsp3) is 0.111. The van der Waals surface area contributed by atoms with E-state index in [1.807, 2.05) is 66.7 Å². The van der Waals surface area contributed by atoms with Crippen molar-refractivity contribution in [2.45, 2.75) is 19.8 Å². The summed E-state index contributed by atoms with van der Waals surface area (Å²) in [5, 5.41) is 2.32. The molecule has 0 atom stereocenters. The van der Waals surface area contributed by atoms with Crippen molar-refractivity contribution in [1.29, 1.82) is 0 Å². The van der Waals surface area contributed by atoms with Crippen molar-refractivity contribution in [2.75, 3.05) is 0 Å². The topological polar surface area (TPSA) is 54.9 Å². The minimum absolute atomic E-state index is 0.321. The predicted octanol–water partition coefficient (Wildman–Crippen LogP) is 5.62. The normalized spacial score (nSPS) is 11.5. The van der Waals surface area contributed by atoms with E-state index in [4.69, 9.17) is 0 Å². The maximum absolute atomic E-state index is 13.4. The number of nitrogens with one attached hydrogen (secondary N) is 1. The second-order valence-electron chi connectivity index (χ2n) is 8.07. The average molecular weight is 406 g/mol. The fourth-order valence-electron chi connectivity index (χ4n) is 4.27. The monoisotopic (exact) mass is 406 g/mol. The molecule has 1 aromatic heterocycles. The lowest BCUT2D eigenvalue weighted by Gasteiger charge is -2.14. The van der Waals surface area contributed by atoms with Gasteiger partial charge in [0, 0.05) is 5.39 Å². The maximum atomic E-state index is 13.4. The van der Waals surface area contributed by atoms with E-state index in [0.717, 1.165) is 21.9 Å². The van der Waals surface area contributed by atoms with Crippen LogP contribution in [-0.2, 0) is 0 Å². The molecule has 4 nitrogen and oxygen atoms in total. The van der Waals surface area contributed by atoms with E-state index in [9.17, 15) is 9.59 Å². The molecular weight excluding hydrogens is 384 g/mol. The smallest absolute Gasteiger partial charge is 0.306 e.